The van der Waals surface area contributed by atoms with Crippen molar-refractivity contribution in [3.63, 3.8) is 0 Å². The molecule has 2 aliphatic heterocycles. The molecule has 2 aliphatic rings. The predicted molar refractivity (Wildman–Crippen MR) is 57.2 cm³/mol. The van der Waals surface area contributed by atoms with Crippen molar-refractivity contribution in [1.29, 1.82) is 0 Å². The molecular weight excluding hydrogens is 210 g/mol. The summed E-state index contributed by atoms with van der Waals surface area (Å²) in [7, 11) is 0. The Morgan fingerprint density at radius 2 is 1.75 bits per heavy atom. The second-order valence-corrected chi connectivity index (χ2v) is 4.24. The Kier molecular flexibility index (Phi) is 3.28. The van der Waals surface area contributed by atoms with Crippen molar-refractivity contribution >= 4 is 12.0 Å². The molecule has 0 aromatic carbocycles. The van der Waals surface area contributed by atoms with E-state index >= 15 is 0 Å². The Morgan fingerprint density at radius 3 is 2.25 bits per heavy atom. The highest BCUT2D eigenvalue weighted by molar-refractivity contribution is 5.82. The molecule has 0 bridgehead atoms. The Hall–Kier alpha value is -1.30. The predicted octanol–water partition coefficient (Wildman–Crippen LogP) is -0.439. The van der Waals surface area contributed by atoms with Crippen LogP contribution in [0.15, 0.2) is 0 Å². The molecule has 0 aliphatic carbocycles. The Bertz CT molecular complexity index is 281. The van der Waals surface area contributed by atoms with Crippen LogP contribution in [0.3, 0.4) is 0 Å². The van der Waals surface area contributed by atoms with Crippen LogP contribution in [0.2, 0.25) is 0 Å². The molecule has 6 heteroatoms. The molecule has 1 atom stereocenters. The van der Waals surface area contributed by atoms with Crippen LogP contribution in [-0.2, 0) is 4.79 Å². The number of nitrogens with zero attached hydrogens (tertiary/aromatic N) is 2. The fourth-order valence-corrected chi connectivity index (χ4v) is 2.23. The van der Waals surface area contributed by atoms with Crippen LogP contribution in [0.25, 0.3) is 0 Å². The van der Waals surface area contributed by atoms with Gasteiger partial charge >= 0.3 is 6.09 Å². The number of amides is 2. The Morgan fingerprint density at radius 1 is 1.12 bits per heavy atom. The van der Waals surface area contributed by atoms with E-state index in [1.165, 1.54) is 4.90 Å². The van der Waals surface area contributed by atoms with Crippen LogP contribution in [-0.4, -0.2) is 65.7 Å². The quantitative estimate of drug-likeness (QED) is 0.637. The fourth-order valence-electron chi connectivity index (χ4n) is 2.23. The van der Waals surface area contributed by atoms with E-state index in [-0.39, 0.29) is 11.9 Å². The number of hydrogen-bond donors (Lipinski definition) is 2. The van der Waals surface area contributed by atoms with E-state index in [0.29, 0.717) is 26.2 Å². The number of carbonyl (C=O) groups excluding carboxylic acids is 1. The van der Waals surface area contributed by atoms with Crippen molar-refractivity contribution in [3.8, 4) is 0 Å². The van der Waals surface area contributed by atoms with Gasteiger partial charge in [0, 0.05) is 26.2 Å². The first-order valence-corrected chi connectivity index (χ1v) is 5.68. The maximum Gasteiger partial charge on any atom is 0.407 e. The molecule has 2 heterocycles. The molecule has 0 aromatic rings. The van der Waals surface area contributed by atoms with Gasteiger partial charge in [0.1, 0.15) is 0 Å². The van der Waals surface area contributed by atoms with E-state index in [1.54, 1.807) is 4.90 Å². The van der Waals surface area contributed by atoms with Gasteiger partial charge in [-0.25, -0.2) is 4.79 Å². The first-order valence-electron chi connectivity index (χ1n) is 5.68. The molecule has 90 valence electrons. The second kappa shape index (κ2) is 4.69. The first-order chi connectivity index (χ1) is 7.68. The Balaban J connectivity index is 1.84. The van der Waals surface area contributed by atoms with E-state index in [9.17, 15) is 9.59 Å². The normalized spacial score (nSPS) is 25.9. The molecule has 2 rings (SSSR count). The number of hydrogen-bond acceptors (Lipinski definition) is 3. The standard InChI is InChI=1S/C10H17N3O3/c14-9(8-2-1-3-11-8)12-4-6-13(7-5-12)10(15)16/h8,11H,1-7H2,(H,15,16). The number of carboxylic acid groups (broad SMARTS) is 1. The third-order valence-corrected chi connectivity index (χ3v) is 3.22. The lowest BCUT2D eigenvalue weighted by atomic mass is 10.2. The molecule has 2 fully saturated rings. The van der Waals surface area contributed by atoms with E-state index in [2.05, 4.69) is 5.32 Å². The van der Waals surface area contributed by atoms with Crippen LogP contribution in [0.4, 0.5) is 4.79 Å². The number of carbonyl (C=O) groups is 2. The summed E-state index contributed by atoms with van der Waals surface area (Å²) < 4.78 is 0. The molecule has 6 nitrogen and oxygen atoms in total. The van der Waals surface area contributed by atoms with Gasteiger partial charge in [-0.1, -0.05) is 0 Å². The molecular formula is C10H17N3O3. The number of rotatable bonds is 1. The average molecular weight is 227 g/mol. The summed E-state index contributed by atoms with van der Waals surface area (Å²) in [6, 6.07) is -0.0450. The van der Waals surface area contributed by atoms with Gasteiger partial charge in [0.15, 0.2) is 0 Å². The van der Waals surface area contributed by atoms with Gasteiger partial charge in [-0.3, -0.25) is 4.79 Å². The first kappa shape index (κ1) is 11.2. The van der Waals surface area contributed by atoms with Gasteiger partial charge in [-0.15, -0.1) is 0 Å². The van der Waals surface area contributed by atoms with E-state index in [0.717, 1.165) is 19.4 Å². The summed E-state index contributed by atoms with van der Waals surface area (Å²) in [5.74, 6) is 0.127. The third-order valence-electron chi connectivity index (χ3n) is 3.22. The molecule has 1 unspecified atom stereocenters. The zero-order valence-corrected chi connectivity index (χ0v) is 9.19. The zero-order valence-electron chi connectivity index (χ0n) is 9.19. The van der Waals surface area contributed by atoms with Crippen LogP contribution >= 0.6 is 0 Å². The average Bonchev–Trinajstić information content (AvgIpc) is 2.81. The van der Waals surface area contributed by atoms with Crippen molar-refractivity contribution in [2.75, 3.05) is 32.7 Å². The molecule has 0 radical (unpaired) electrons. The summed E-state index contributed by atoms with van der Waals surface area (Å²) in [6.45, 7) is 2.79. The van der Waals surface area contributed by atoms with Crippen LogP contribution in [0.5, 0.6) is 0 Å². The van der Waals surface area contributed by atoms with Gasteiger partial charge < -0.3 is 20.2 Å². The molecule has 0 saturated carbocycles. The van der Waals surface area contributed by atoms with Gasteiger partial charge in [-0.05, 0) is 19.4 Å². The van der Waals surface area contributed by atoms with E-state index < -0.39 is 6.09 Å². The molecule has 2 saturated heterocycles. The summed E-state index contributed by atoms with van der Waals surface area (Å²) in [6.07, 6.45) is 1.05. The van der Waals surface area contributed by atoms with E-state index in [1.807, 2.05) is 0 Å². The van der Waals surface area contributed by atoms with Crippen molar-refractivity contribution in [1.82, 2.24) is 15.1 Å². The molecule has 16 heavy (non-hydrogen) atoms. The highest BCUT2D eigenvalue weighted by Gasteiger charge is 2.29. The lowest BCUT2D eigenvalue weighted by Crippen LogP contribution is -2.53. The summed E-state index contributed by atoms with van der Waals surface area (Å²) in [4.78, 5) is 25.8. The zero-order chi connectivity index (χ0) is 11.5. The SMILES string of the molecule is O=C(O)N1CCN(C(=O)C2CCCN2)CC1. The largest absolute Gasteiger partial charge is 0.465 e. The highest BCUT2D eigenvalue weighted by Crippen LogP contribution is 2.10. The molecule has 0 spiro atoms. The fraction of sp³-hybridized carbons (Fsp3) is 0.800. The minimum atomic E-state index is -0.897. The maximum absolute atomic E-state index is 12.0. The summed E-state index contributed by atoms with van der Waals surface area (Å²) in [5, 5.41) is 12.0. The minimum absolute atomic E-state index is 0.0450. The van der Waals surface area contributed by atoms with Crippen molar-refractivity contribution in [3.05, 3.63) is 0 Å². The monoisotopic (exact) mass is 227 g/mol. The summed E-state index contributed by atoms with van der Waals surface area (Å²) >= 11 is 0. The summed E-state index contributed by atoms with van der Waals surface area (Å²) in [5.41, 5.74) is 0. The highest BCUT2D eigenvalue weighted by atomic mass is 16.4. The van der Waals surface area contributed by atoms with Crippen molar-refractivity contribution in [2.24, 2.45) is 0 Å². The van der Waals surface area contributed by atoms with Crippen LogP contribution in [0.1, 0.15) is 12.8 Å². The van der Waals surface area contributed by atoms with Crippen LogP contribution < -0.4 is 5.32 Å². The van der Waals surface area contributed by atoms with Crippen LogP contribution in [0, 0.1) is 0 Å². The third kappa shape index (κ3) is 2.27. The van der Waals surface area contributed by atoms with Gasteiger partial charge in [-0.2, -0.15) is 0 Å². The molecule has 2 N–H and O–H groups in total. The lowest BCUT2D eigenvalue weighted by molar-refractivity contribution is -0.134. The van der Waals surface area contributed by atoms with Crippen molar-refractivity contribution in [2.45, 2.75) is 18.9 Å². The molecule has 0 aromatic heterocycles. The Labute approximate surface area is 94.2 Å². The molecule has 2 amide bonds. The van der Waals surface area contributed by atoms with Crippen molar-refractivity contribution < 1.29 is 14.7 Å². The minimum Gasteiger partial charge on any atom is -0.465 e. The number of piperazine rings is 1. The second-order valence-electron chi connectivity index (χ2n) is 4.24. The topological polar surface area (TPSA) is 72.9 Å². The van der Waals surface area contributed by atoms with Gasteiger partial charge in [0.05, 0.1) is 6.04 Å². The maximum atomic E-state index is 12.0. The smallest absolute Gasteiger partial charge is 0.407 e. The van der Waals surface area contributed by atoms with E-state index in [4.69, 9.17) is 5.11 Å². The lowest BCUT2D eigenvalue weighted by Gasteiger charge is -2.34. The van der Waals surface area contributed by atoms with Gasteiger partial charge in [0.25, 0.3) is 0 Å². The number of nitrogens with one attached hydrogen (secondary N) is 1. The van der Waals surface area contributed by atoms with Gasteiger partial charge in [0.2, 0.25) is 5.91 Å².